The number of hydrogen-bond donors (Lipinski definition) is 1. The number of aromatic nitrogens is 4. The number of nitrogens with zero attached hydrogens (tertiary/aromatic N) is 5. The van der Waals surface area contributed by atoms with Gasteiger partial charge in [-0.3, -0.25) is 4.79 Å². The Morgan fingerprint density at radius 1 is 1.12 bits per heavy atom. The first-order valence-electron chi connectivity index (χ1n) is 8.32. The molecule has 26 heavy (non-hydrogen) atoms. The number of benzene rings is 1. The summed E-state index contributed by atoms with van der Waals surface area (Å²) in [6.45, 7) is 2.18. The molecule has 1 saturated heterocycles. The smallest absolute Gasteiger partial charge is 0.253 e. The molecule has 2 aromatic heterocycles. The van der Waals surface area contributed by atoms with E-state index >= 15 is 0 Å². The molecule has 3 aromatic rings. The number of amides is 1. The minimum Gasteiger partial charge on any atom is -0.355 e. The number of carbonyl (C=O) groups excluding carboxylic acids is 1. The number of fused-ring (bicyclic) bond motifs is 1. The SMILES string of the molecule is O=C(NCc1nnc2ccc(N3CCCC3)nn12)c1cccc(Cl)c1Cl. The van der Waals surface area contributed by atoms with Crippen molar-refractivity contribution in [3.8, 4) is 0 Å². The van der Waals surface area contributed by atoms with E-state index in [1.54, 1.807) is 22.7 Å². The molecule has 0 spiro atoms. The van der Waals surface area contributed by atoms with Crippen molar-refractivity contribution in [2.75, 3.05) is 18.0 Å². The Labute approximate surface area is 159 Å². The number of halogens is 2. The number of nitrogens with one attached hydrogen (secondary N) is 1. The molecule has 1 fully saturated rings. The highest BCUT2D eigenvalue weighted by Crippen LogP contribution is 2.25. The maximum absolute atomic E-state index is 12.4. The monoisotopic (exact) mass is 390 g/mol. The third-order valence-corrected chi connectivity index (χ3v) is 5.17. The first-order valence-corrected chi connectivity index (χ1v) is 9.07. The highest BCUT2D eigenvalue weighted by atomic mass is 35.5. The van der Waals surface area contributed by atoms with Crippen LogP contribution in [0.25, 0.3) is 5.65 Å². The van der Waals surface area contributed by atoms with Crippen LogP contribution in [0.4, 0.5) is 5.82 Å². The molecule has 0 atom stereocenters. The third kappa shape index (κ3) is 3.20. The summed E-state index contributed by atoms with van der Waals surface area (Å²) in [5, 5.41) is 16.2. The van der Waals surface area contributed by atoms with Gasteiger partial charge in [-0.25, -0.2) is 0 Å². The molecular formula is C17H16Cl2N6O. The highest BCUT2D eigenvalue weighted by Gasteiger charge is 2.17. The molecule has 3 heterocycles. The van der Waals surface area contributed by atoms with Crippen molar-refractivity contribution in [3.05, 3.63) is 51.8 Å². The van der Waals surface area contributed by atoms with Gasteiger partial charge in [0.05, 0.1) is 22.2 Å². The molecule has 7 nitrogen and oxygen atoms in total. The van der Waals surface area contributed by atoms with Gasteiger partial charge in [-0.05, 0) is 37.1 Å². The van der Waals surface area contributed by atoms with Crippen LogP contribution in [-0.2, 0) is 6.54 Å². The van der Waals surface area contributed by atoms with E-state index in [1.165, 1.54) is 12.8 Å². The minimum atomic E-state index is -0.329. The minimum absolute atomic E-state index is 0.180. The third-order valence-electron chi connectivity index (χ3n) is 4.35. The predicted molar refractivity (Wildman–Crippen MR) is 99.9 cm³/mol. The van der Waals surface area contributed by atoms with E-state index in [0.29, 0.717) is 22.1 Å². The number of rotatable bonds is 4. The summed E-state index contributed by atoms with van der Waals surface area (Å²) in [7, 11) is 0. The fraction of sp³-hybridized carbons (Fsp3) is 0.294. The van der Waals surface area contributed by atoms with Gasteiger partial charge in [-0.1, -0.05) is 29.3 Å². The van der Waals surface area contributed by atoms with Crippen molar-refractivity contribution < 1.29 is 4.79 Å². The largest absolute Gasteiger partial charge is 0.355 e. The second-order valence-corrected chi connectivity index (χ2v) is 6.84. The first-order chi connectivity index (χ1) is 12.6. The molecule has 0 bridgehead atoms. The fourth-order valence-corrected chi connectivity index (χ4v) is 3.37. The molecule has 1 N–H and O–H groups in total. The summed E-state index contributed by atoms with van der Waals surface area (Å²) < 4.78 is 1.66. The van der Waals surface area contributed by atoms with Crippen molar-refractivity contribution in [1.29, 1.82) is 0 Å². The van der Waals surface area contributed by atoms with E-state index in [-0.39, 0.29) is 17.5 Å². The Kier molecular flexibility index (Phi) is 4.65. The van der Waals surface area contributed by atoms with Gasteiger partial charge >= 0.3 is 0 Å². The molecule has 9 heteroatoms. The lowest BCUT2D eigenvalue weighted by Gasteiger charge is -2.15. The van der Waals surface area contributed by atoms with E-state index < -0.39 is 0 Å². The van der Waals surface area contributed by atoms with Crippen LogP contribution in [0, 0.1) is 0 Å². The van der Waals surface area contributed by atoms with Crippen LogP contribution in [0.2, 0.25) is 10.0 Å². The van der Waals surface area contributed by atoms with Gasteiger partial charge in [0.25, 0.3) is 5.91 Å². The molecule has 0 unspecified atom stereocenters. The van der Waals surface area contributed by atoms with Crippen LogP contribution in [0.15, 0.2) is 30.3 Å². The van der Waals surface area contributed by atoms with E-state index in [0.717, 1.165) is 18.9 Å². The van der Waals surface area contributed by atoms with E-state index in [9.17, 15) is 4.79 Å². The summed E-state index contributed by atoms with van der Waals surface area (Å²) in [4.78, 5) is 14.6. The molecular weight excluding hydrogens is 375 g/mol. The quantitative estimate of drug-likeness (QED) is 0.740. The number of anilines is 1. The molecule has 0 aliphatic carbocycles. The average molecular weight is 391 g/mol. The highest BCUT2D eigenvalue weighted by molar-refractivity contribution is 6.43. The van der Waals surface area contributed by atoms with Gasteiger partial charge in [-0.15, -0.1) is 15.3 Å². The van der Waals surface area contributed by atoms with Gasteiger partial charge in [-0.2, -0.15) is 4.52 Å². The van der Waals surface area contributed by atoms with Crippen LogP contribution >= 0.6 is 23.2 Å². The van der Waals surface area contributed by atoms with Crippen LogP contribution in [0.3, 0.4) is 0 Å². The average Bonchev–Trinajstić information content (AvgIpc) is 3.31. The first kappa shape index (κ1) is 17.1. The van der Waals surface area contributed by atoms with Crippen molar-refractivity contribution in [1.82, 2.24) is 25.1 Å². The second-order valence-electron chi connectivity index (χ2n) is 6.06. The van der Waals surface area contributed by atoms with Crippen molar-refractivity contribution in [3.63, 3.8) is 0 Å². The summed E-state index contributed by atoms with van der Waals surface area (Å²) in [6.07, 6.45) is 2.34. The van der Waals surface area contributed by atoms with Gasteiger partial charge in [0.2, 0.25) is 0 Å². The summed E-state index contributed by atoms with van der Waals surface area (Å²) >= 11 is 12.1. The lowest BCUT2D eigenvalue weighted by molar-refractivity contribution is 0.0950. The number of hydrogen-bond acceptors (Lipinski definition) is 5. The molecule has 1 amide bonds. The Morgan fingerprint density at radius 3 is 2.73 bits per heavy atom. The Bertz CT molecular complexity index is 967. The van der Waals surface area contributed by atoms with Crippen LogP contribution in [0.5, 0.6) is 0 Å². The second kappa shape index (κ2) is 7.09. The zero-order valence-electron chi connectivity index (χ0n) is 13.8. The summed E-state index contributed by atoms with van der Waals surface area (Å²) in [5.74, 6) is 1.11. The normalized spacial score (nSPS) is 14.2. The van der Waals surface area contributed by atoms with E-state index in [2.05, 4.69) is 25.5 Å². The Balaban J connectivity index is 1.54. The molecule has 134 valence electrons. The van der Waals surface area contributed by atoms with Crippen LogP contribution < -0.4 is 10.2 Å². The lowest BCUT2D eigenvalue weighted by Crippen LogP contribution is -2.25. The van der Waals surface area contributed by atoms with Crippen molar-refractivity contribution in [2.45, 2.75) is 19.4 Å². The van der Waals surface area contributed by atoms with E-state index in [4.69, 9.17) is 23.2 Å². The summed E-state index contributed by atoms with van der Waals surface area (Å²) in [5.41, 5.74) is 0.955. The van der Waals surface area contributed by atoms with Gasteiger partial charge in [0, 0.05) is 13.1 Å². The zero-order chi connectivity index (χ0) is 18.1. The molecule has 1 aromatic carbocycles. The Morgan fingerprint density at radius 2 is 1.92 bits per heavy atom. The molecule has 4 rings (SSSR count). The topological polar surface area (TPSA) is 75.4 Å². The lowest BCUT2D eigenvalue weighted by atomic mass is 10.2. The van der Waals surface area contributed by atoms with Crippen LogP contribution in [-0.4, -0.2) is 38.8 Å². The fourth-order valence-electron chi connectivity index (χ4n) is 2.98. The van der Waals surface area contributed by atoms with Crippen LogP contribution in [0.1, 0.15) is 29.0 Å². The van der Waals surface area contributed by atoms with Crippen molar-refractivity contribution >= 4 is 40.6 Å². The zero-order valence-corrected chi connectivity index (χ0v) is 15.3. The van der Waals surface area contributed by atoms with Gasteiger partial charge in [0.1, 0.15) is 5.82 Å². The Hall–Kier alpha value is -2.38. The molecule has 1 aliphatic heterocycles. The van der Waals surface area contributed by atoms with E-state index in [1.807, 2.05) is 12.1 Å². The maximum Gasteiger partial charge on any atom is 0.253 e. The van der Waals surface area contributed by atoms with Crippen molar-refractivity contribution in [2.24, 2.45) is 0 Å². The maximum atomic E-state index is 12.4. The van der Waals surface area contributed by atoms with Gasteiger partial charge in [0.15, 0.2) is 11.5 Å². The standard InChI is InChI=1S/C17H16Cl2N6O/c18-12-5-3-4-11(16(12)19)17(26)20-10-15-22-21-13-6-7-14(23-25(13)15)24-8-1-2-9-24/h3-7H,1-2,8-10H2,(H,20,26). The molecule has 0 radical (unpaired) electrons. The number of carbonyl (C=O) groups is 1. The molecule has 1 aliphatic rings. The predicted octanol–water partition coefficient (Wildman–Crippen LogP) is 2.96. The molecule has 0 saturated carbocycles. The summed E-state index contributed by atoms with van der Waals surface area (Å²) in [6, 6.07) is 8.77. The van der Waals surface area contributed by atoms with Gasteiger partial charge < -0.3 is 10.2 Å².